The van der Waals surface area contributed by atoms with Crippen LogP contribution in [0, 0.1) is 0 Å². The summed E-state index contributed by atoms with van der Waals surface area (Å²) in [5, 5.41) is 1.51. The lowest BCUT2D eigenvalue weighted by Gasteiger charge is -2.22. The van der Waals surface area contributed by atoms with Gasteiger partial charge in [-0.15, -0.1) is 0 Å². The maximum Gasteiger partial charge on any atom is 0.119 e. The van der Waals surface area contributed by atoms with Crippen molar-refractivity contribution >= 4 is 35.9 Å². The Morgan fingerprint density at radius 2 is 1.77 bits per heavy atom. The fraction of sp³-hybridized carbons (Fsp3) is 0.273. The highest BCUT2D eigenvalue weighted by Gasteiger charge is 2.25. The molecule has 0 spiro atoms. The van der Waals surface area contributed by atoms with Gasteiger partial charge in [-0.3, -0.25) is 0 Å². The monoisotopic (exact) mass is 302 g/mol. The molecule has 13 heavy (non-hydrogen) atoms. The molecule has 0 fully saturated rings. The molecule has 2 heteroatoms. The van der Waals surface area contributed by atoms with Crippen LogP contribution < -0.4 is 5.19 Å². The van der Waals surface area contributed by atoms with Crippen molar-refractivity contribution in [3.8, 4) is 0 Å². The molecule has 0 bridgehead atoms. The fourth-order valence-corrected chi connectivity index (χ4v) is 4.31. The number of benzene rings is 1. The molecule has 1 aromatic carbocycles. The molecule has 0 unspecified atom stereocenters. The van der Waals surface area contributed by atoms with Crippen LogP contribution in [-0.2, 0) is 0 Å². The molecule has 0 saturated heterocycles. The van der Waals surface area contributed by atoms with Crippen LogP contribution in [0.2, 0.25) is 13.1 Å². The molecule has 70 valence electrons. The largest absolute Gasteiger partial charge is 0.119 e. The summed E-state index contributed by atoms with van der Waals surface area (Å²) in [5.74, 6) is 0. The smallest absolute Gasteiger partial charge is 0.0821 e. The Kier molecular flexibility index (Phi) is 3.73. The number of hydrogen-bond acceptors (Lipinski definition) is 0. The van der Waals surface area contributed by atoms with Crippen LogP contribution in [0.5, 0.6) is 0 Å². The SMILES string of the molecule is C/C=C(/I)[Si](C)(C)c1ccccc1. The summed E-state index contributed by atoms with van der Waals surface area (Å²) >= 11 is 2.47. The van der Waals surface area contributed by atoms with Gasteiger partial charge in [0, 0.05) is 0 Å². The van der Waals surface area contributed by atoms with E-state index in [-0.39, 0.29) is 0 Å². The van der Waals surface area contributed by atoms with Crippen molar-refractivity contribution in [3.63, 3.8) is 0 Å². The van der Waals surface area contributed by atoms with E-state index in [0.717, 1.165) is 0 Å². The summed E-state index contributed by atoms with van der Waals surface area (Å²) in [6.45, 7) is 6.91. The minimum atomic E-state index is -1.34. The van der Waals surface area contributed by atoms with Crippen LogP contribution in [0.4, 0.5) is 0 Å². The Labute approximate surface area is 95.2 Å². The average Bonchev–Trinajstić information content (AvgIpc) is 2.18. The van der Waals surface area contributed by atoms with Crippen molar-refractivity contribution in [2.45, 2.75) is 20.0 Å². The zero-order chi connectivity index (χ0) is 9.90. The summed E-state index contributed by atoms with van der Waals surface area (Å²) < 4.78 is 1.52. The van der Waals surface area contributed by atoms with Crippen LogP contribution in [0.1, 0.15) is 6.92 Å². The first kappa shape index (κ1) is 11.0. The lowest BCUT2D eigenvalue weighted by atomic mass is 10.4. The Morgan fingerprint density at radius 1 is 1.23 bits per heavy atom. The van der Waals surface area contributed by atoms with Gasteiger partial charge in [0.05, 0.1) is 0 Å². The predicted octanol–water partition coefficient (Wildman–Crippen LogP) is 3.48. The molecular formula is C11H15ISi. The topological polar surface area (TPSA) is 0 Å². The standard InChI is InChI=1S/C11H15ISi/c1-4-11(12)13(2,3)10-8-6-5-7-9-10/h4-9H,1-3H3/b11-4-. The van der Waals surface area contributed by atoms with Gasteiger partial charge in [-0.2, -0.15) is 0 Å². The second-order valence-corrected chi connectivity index (χ2v) is 10.2. The lowest BCUT2D eigenvalue weighted by molar-refractivity contribution is 1.67. The Morgan fingerprint density at radius 3 is 2.23 bits per heavy atom. The van der Waals surface area contributed by atoms with Gasteiger partial charge in [-0.05, 0) is 10.1 Å². The van der Waals surface area contributed by atoms with Gasteiger partial charge in [-0.1, -0.05) is 77.3 Å². The van der Waals surface area contributed by atoms with Gasteiger partial charge in [0.1, 0.15) is 8.07 Å². The van der Waals surface area contributed by atoms with Gasteiger partial charge in [0.15, 0.2) is 0 Å². The average molecular weight is 302 g/mol. The van der Waals surface area contributed by atoms with Crippen molar-refractivity contribution in [1.82, 2.24) is 0 Å². The number of halogens is 1. The number of rotatable bonds is 2. The molecule has 1 rings (SSSR count). The van der Waals surface area contributed by atoms with Crippen molar-refractivity contribution in [2.24, 2.45) is 0 Å². The van der Waals surface area contributed by atoms with E-state index in [1.54, 1.807) is 0 Å². The fourth-order valence-electron chi connectivity index (χ4n) is 1.35. The third-order valence-corrected chi connectivity index (χ3v) is 10.3. The molecule has 0 aliphatic rings. The highest BCUT2D eigenvalue weighted by Crippen LogP contribution is 2.20. The van der Waals surface area contributed by atoms with Crippen LogP contribution in [0.15, 0.2) is 39.6 Å². The molecule has 0 nitrogen and oxygen atoms in total. The van der Waals surface area contributed by atoms with Gasteiger partial charge in [0.25, 0.3) is 0 Å². The summed E-state index contributed by atoms with van der Waals surface area (Å²) in [4.78, 5) is 0. The summed E-state index contributed by atoms with van der Waals surface area (Å²) in [6.07, 6.45) is 2.24. The van der Waals surface area contributed by atoms with Crippen LogP contribution in [0.25, 0.3) is 0 Å². The molecular weight excluding hydrogens is 287 g/mol. The Bertz CT molecular complexity index is 301. The van der Waals surface area contributed by atoms with Crippen molar-refractivity contribution in [1.29, 1.82) is 0 Å². The number of allylic oxidation sites excluding steroid dienone is 1. The first-order valence-corrected chi connectivity index (χ1v) is 8.54. The molecule has 0 aliphatic heterocycles. The van der Waals surface area contributed by atoms with Gasteiger partial charge in [0.2, 0.25) is 0 Å². The first-order chi connectivity index (χ1) is 6.09. The predicted molar refractivity (Wildman–Crippen MR) is 71.3 cm³/mol. The van der Waals surface area contributed by atoms with E-state index in [2.05, 4.69) is 79.0 Å². The molecule has 0 aromatic heterocycles. The van der Waals surface area contributed by atoms with E-state index in [4.69, 9.17) is 0 Å². The van der Waals surface area contributed by atoms with E-state index < -0.39 is 8.07 Å². The summed E-state index contributed by atoms with van der Waals surface area (Å²) in [6, 6.07) is 10.8. The third kappa shape index (κ3) is 2.44. The molecule has 0 heterocycles. The van der Waals surface area contributed by atoms with Crippen LogP contribution >= 0.6 is 22.6 Å². The van der Waals surface area contributed by atoms with Crippen molar-refractivity contribution < 1.29 is 0 Å². The maximum absolute atomic E-state index is 2.47. The van der Waals surface area contributed by atoms with Gasteiger partial charge >= 0.3 is 0 Å². The molecule has 0 N–H and O–H groups in total. The molecule has 0 atom stereocenters. The normalized spacial score (nSPS) is 13.1. The lowest BCUT2D eigenvalue weighted by Crippen LogP contribution is -2.41. The second kappa shape index (κ2) is 4.42. The van der Waals surface area contributed by atoms with Crippen molar-refractivity contribution in [3.05, 3.63) is 39.6 Å². The van der Waals surface area contributed by atoms with E-state index in [1.807, 2.05) is 0 Å². The second-order valence-electron chi connectivity index (χ2n) is 3.63. The zero-order valence-corrected chi connectivity index (χ0v) is 11.5. The highest BCUT2D eigenvalue weighted by atomic mass is 127. The Hall–Kier alpha value is -0.0931. The summed E-state index contributed by atoms with van der Waals surface area (Å²) in [5.41, 5.74) is 0. The highest BCUT2D eigenvalue weighted by molar-refractivity contribution is 14.1. The van der Waals surface area contributed by atoms with E-state index in [0.29, 0.717) is 0 Å². The zero-order valence-electron chi connectivity index (χ0n) is 8.34. The van der Waals surface area contributed by atoms with Gasteiger partial charge < -0.3 is 0 Å². The van der Waals surface area contributed by atoms with Crippen LogP contribution in [-0.4, -0.2) is 8.07 Å². The summed E-state index contributed by atoms with van der Waals surface area (Å²) in [7, 11) is -1.34. The molecule has 1 aromatic rings. The van der Waals surface area contributed by atoms with E-state index >= 15 is 0 Å². The first-order valence-electron chi connectivity index (χ1n) is 4.47. The minimum Gasteiger partial charge on any atom is -0.0821 e. The maximum atomic E-state index is 2.47. The van der Waals surface area contributed by atoms with E-state index in [9.17, 15) is 0 Å². The quantitative estimate of drug-likeness (QED) is 0.579. The minimum absolute atomic E-state index is 1.34. The number of hydrogen-bond donors (Lipinski definition) is 0. The molecule has 0 saturated carbocycles. The van der Waals surface area contributed by atoms with E-state index in [1.165, 1.54) is 8.39 Å². The van der Waals surface area contributed by atoms with Gasteiger partial charge in [-0.25, -0.2) is 0 Å². The van der Waals surface area contributed by atoms with Crippen molar-refractivity contribution in [2.75, 3.05) is 0 Å². The van der Waals surface area contributed by atoms with Crippen LogP contribution in [0.3, 0.4) is 0 Å². The third-order valence-electron chi connectivity index (χ3n) is 2.35. The molecule has 0 aliphatic carbocycles. The Balaban J connectivity index is 3.08. The molecule has 0 amide bonds. The molecule has 0 radical (unpaired) electrons.